The number of hydrogen-bond donors (Lipinski definition) is 1. The minimum atomic E-state index is 0.544. The molecule has 1 N–H and O–H groups in total. The highest BCUT2D eigenvalue weighted by Crippen LogP contribution is 2.23. The molecule has 0 aromatic heterocycles. The van der Waals surface area contributed by atoms with Crippen molar-refractivity contribution in [1.29, 1.82) is 0 Å². The summed E-state index contributed by atoms with van der Waals surface area (Å²) in [5, 5.41) is 3.58. The molecule has 0 heterocycles. The number of rotatable bonds is 7. The third-order valence-corrected chi connectivity index (χ3v) is 2.89. The van der Waals surface area contributed by atoms with Gasteiger partial charge in [0.15, 0.2) is 0 Å². The summed E-state index contributed by atoms with van der Waals surface area (Å²) in [7, 11) is 0. The van der Waals surface area contributed by atoms with Crippen molar-refractivity contribution in [3.8, 4) is 0 Å². The lowest BCUT2D eigenvalue weighted by Gasteiger charge is -2.35. The van der Waals surface area contributed by atoms with Gasteiger partial charge in [0.05, 0.1) is 6.10 Å². The monoisotopic (exact) mass is 199 g/mol. The average Bonchev–Trinajstić information content (AvgIpc) is 2.06. The maximum Gasteiger partial charge on any atom is 0.0604 e. The van der Waals surface area contributed by atoms with Gasteiger partial charge in [0, 0.05) is 12.6 Å². The van der Waals surface area contributed by atoms with Crippen LogP contribution in [0.5, 0.6) is 0 Å². The van der Waals surface area contributed by atoms with Gasteiger partial charge in [-0.3, -0.25) is 0 Å². The van der Waals surface area contributed by atoms with Crippen LogP contribution in [0.1, 0.15) is 46.5 Å². The standard InChI is InChI=1S/C12H25NO/c1-4-14-12-8-11(9-12)13-7-5-6-10(2)3/h10-13H,4-9H2,1-3H3. The van der Waals surface area contributed by atoms with E-state index in [4.69, 9.17) is 4.74 Å². The van der Waals surface area contributed by atoms with Crippen LogP contribution in [-0.4, -0.2) is 25.3 Å². The van der Waals surface area contributed by atoms with Crippen LogP contribution in [0.4, 0.5) is 0 Å². The van der Waals surface area contributed by atoms with Crippen molar-refractivity contribution < 1.29 is 4.74 Å². The predicted molar refractivity (Wildman–Crippen MR) is 60.5 cm³/mol. The Hall–Kier alpha value is -0.0800. The van der Waals surface area contributed by atoms with Gasteiger partial charge in [-0.15, -0.1) is 0 Å². The van der Waals surface area contributed by atoms with Crippen molar-refractivity contribution in [1.82, 2.24) is 5.32 Å². The van der Waals surface area contributed by atoms with Crippen LogP contribution in [0.3, 0.4) is 0 Å². The quantitative estimate of drug-likeness (QED) is 0.636. The Bertz CT molecular complexity index is 141. The van der Waals surface area contributed by atoms with Crippen molar-refractivity contribution in [3.05, 3.63) is 0 Å². The fourth-order valence-corrected chi connectivity index (χ4v) is 1.92. The Balaban J connectivity index is 1.86. The molecule has 1 aliphatic rings. The van der Waals surface area contributed by atoms with Crippen molar-refractivity contribution >= 4 is 0 Å². The van der Waals surface area contributed by atoms with Gasteiger partial charge in [0.25, 0.3) is 0 Å². The van der Waals surface area contributed by atoms with Gasteiger partial charge in [0.1, 0.15) is 0 Å². The van der Waals surface area contributed by atoms with Crippen molar-refractivity contribution in [3.63, 3.8) is 0 Å². The molecule has 1 saturated carbocycles. The van der Waals surface area contributed by atoms with Gasteiger partial charge in [0.2, 0.25) is 0 Å². The first-order valence-corrected chi connectivity index (χ1v) is 6.07. The van der Waals surface area contributed by atoms with Crippen LogP contribution in [0, 0.1) is 5.92 Å². The van der Waals surface area contributed by atoms with E-state index in [1.807, 2.05) is 0 Å². The van der Waals surface area contributed by atoms with Crippen molar-refractivity contribution in [2.75, 3.05) is 13.2 Å². The molecule has 84 valence electrons. The first-order chi connectivity index (χ1) is 6.72. The molecule has 0 saturated heterocycles. The highest BCUT2D eigenvalue weighted by Gasteiger charge is 2.28. The van der Waals surface area contributed by atoms with E-state index in [1.165, 1.54) is 32.2 Å². The fourth-order valence-electron chi connectivity index (χ4n) is 1.92. The smallest absolute Gasteiger partial charge is 0.0604 e. The van der Waals surface area contributed by atoms with Gasteiger partial charge < -0.3 is 10.1 Å². The minimum Gasteiger partial charge on any atom is -0.378 e. The van der Waals surface area contributed by atoms with Gasteiger partial charge in [-0.05, 0) is 45.1 Å². The second kappa shape index (κ2) is 6.41. The van der Waals surface area contributed by atoms with E-state index in [1.54, 1.807) is 0 Å². The summed E-state index contributed by atoms with van der Waals surface area (Å²) in [5.74, 6) is 0.842. The maximum atomic E-state index is 5.51. The summed E-state index contributed by atoms with van der Waals surface area (Å²) >= 11 is 0. The van der Waals surface area contributed by atoms with Crippen molar-refractivity contribution in [2.24, 2.45) is 5.92 Å². The summed E-state index contributed by atoms with van der Waals surface area (Å²) in [4.78, 5) is 0. The van der Waals surface area contributed by atoms with E-state index in [9.17, 15) is 0 Å². The molecule has 0 unspecified atom stereocenters. The second-order valence-corrected chi connectivity index (χ2v) is 4.74. The molecule has 0 spiro atoms. The van der Waals surface area contributed by atoms with E-state index in [-0.39, 0.29) is 0 Å². The molecule has 0 aromatic rings. The Morgan fingerprint density at radius 2 is 2.07 bits per heavy atom. The number of nitrogens with one attached hydrogen (secondary N) is 1. The first kappa shape index (κ1) is 12.0. The molecule has 0 atom stereocenters. The lowest BCUT2D eigenvalue weighted by molar-refractivity contribution is -0.00979. The molecular formula is C12H25NO. The molecule has 1 aliphatic carbocycles. The lowest BCUT2D eigenvalue weighted by Crippen LogP contribution is -2.45. The largest absolute Gasteiger partial charge is 0.378 e. The topological polar surface area (TPSA) is 21.3 Å². The zero-order valence-electron chi connectivity index (χ0n) is 9.88. The van der Waals surface area contributed by atoms with Crippen LogP contribution < -0.4 is 5.32 Å². The Labute approximate surface area is 88.4 Å². The molecule has 2 nitrogen and oxygen atoms in total. The molecule has 2 heteroatoms. The lowest BCUT2D eigenvalue weighted by atomic mass is 9.89. The van der Waals surface area contributed by atoms with Crippen molar-refractivity contribution in [2.45, 2.75) is 58.6 Å². The van der Waals surface area contributed by atoms with Gasteiger partial charge in [-0.2, -0.15) is 0 Å². The van der Waals surface area contributed by atoms with Crippen LogP contribution in [0.25, 0.3) is 0 Å². The maximum absolute atomic E-state index is 5.51. The van der Waals surface area contributed by atoms with E-state index < -0.39 is 0 Å². The summed E-state index contributed by atoms with van der Waals surface area (Å²) < 4.78 is 5.51. The van der Waals surface area contributed by atoms with E-state index in [0.29, 0.717) is 6.10 Å². The number of hydrogen-bond acceptors (Lipinski definition) is 2. The second-order valence-electron chi connectivity index (χ2n) is 4.74. The molecule has 14 heavy (non-hydrogen) atoms. The summed E-state index contributed by atoms with van der Waals surface area (Å²) in [6.45, 7) is 8.69. The zero-order chi connectivity index (χ0) is 10.4. The molecule has 0 radical (unpaired) electrons. The highest BCUT2D eigenvalue weighted by molar-refractivity contribution is 4.85. The van der Waals surface area contributed by atoms with Gasteiger partial charge >= 0.3 is 0 Å². The van der Waals surface area contributed by atoms with Gasteiger partial charge in [-0.1, -0.05) is 13.8 Å². The summed E-state index contributed by atoms with van der Waals surface area (Å²) in [6.07, 6.45) is 5.63. The minimum absolute atomic E-state index is 0.544. The average molecular weight is 199 g/mol. The number of ether oxygens (including phenoxy) is 1. The van der Waals surface area contributed by atoms with Crippen LogP contribution >= 0.6 is 0 Å². The predicted octanol–water partition coefficient (Wildman–Crippen LogP) is 2.58. The molecular weight excluding hydrogens is 174 g/mol. The van der Waals surface area contributed by atoms with Crippen LogP contribution in [0.2, 0.25) is 0 Å². The van der Waals surface area contributed by atoms with Crippen LogP contribution in [0.15, 0.2) is 0 Å². The molecule has 0 amide bonds. The summed E-state index contributed by atoms with van der Waals surface area (Å²) in [5.41, 5.74) is 0. The Kier molecular flexibility index (Phi) is 5.49. The molecule has 1 rings (SSSR count). The molecule has 1 fully saturated rings. The van der Waals surface area contributed by atoms with Gasteiger partial charge in [-0.25, -0.2) is 0 Å². The third-order valence-electron chi connectivity index (χ3n) is 2.89. The highest BCUT2D eigenvalue weighted by atomic mass is 16.5. The Morgan fingerprint density at radius 3 is 2.64 bits per heavy atom. The Morgan fingerprint density at radius 1 is 1.36 bits per heavy atom. The van der Waals surface area contributed by atoms with E-state index in [0.717, 1.165) is 18.6 Å². The molecule has 0 bridgehead atoms. The summed E-state index contributed by atoms with van der Waals surface area (Å²) in [6, 6.07) is 0.735. The SMILES string of the molecule is CCOC1CC(NCCCC(C)C)C1. The van der Waals surface area contributed by atoms with Crippen LogP contribution in [-0.2, 0) is 4.74 Å². The fraction of sp³-hybridized carbons (Fsp3) is 1.00. The first-order valence-electron chi connectivity index (χ1n) is 6.07. The zero-order valence-corrected chi connectivity index (χ0v) is 9.88. The van der Waals surface area contributed by atoms with E-state index in [2.05, 4.69) is 26.1 Å². The van der Waals surface area contributed by atoms with E-state index >= 15 is 0 Å². The normalized spacial score (nSPS) is 26.6. The third kappa shape index (κ3) is 4.43. The molecule has 0 aromatic carbocycles. The molecule has 0 aliphatic heterocycles.